The minimum absolute atomic E-state index is 0.561. The molecule has 0 unspecified atom stereocenters. The molecule has 0 aliphatic heterocycles. The predicted octanol–water partition coefficient (Wildman–Crippen LogP) is 6.00. The molecule has 0 spiro atoms. The molecule has 0 bridgehead atoms. The second-order valence-corrected chi connectivity index (χ2v) is 8.91. The summed E-state index contributed by atoms with van der Waals surface area (Å²) in [5.74, 6) is 0. The number of likely N-dealkylation sites (N-methyl/N-ethyl adjacent to an activating group) is 1. The molecule has 1 aliphatic carbocycles. The van der Waals surface area contributed by atoms with Gasteiger partial charge in [-0.15, -0.1) is 0 Å². The topological polar surface area (TPSA) is 40.6 Å². The van der Waals surface area contributed by atoms with Crippen LogP contribution in [-0.4, -0.2) is 42.8 Å². The highest BCUT2D eigenvalue weighted by Gasteiger charge is 2.26. The van der Waals surface area contributed by atoms with Crippen LogP contribution in [0.2, 0.25) is 5.02 Å². The van der Waals surface area contributed by atoms with Crippen molar-refractivity contribution >= 4 is 55.3 Å². The number of benzene rings is 2. The third kappa shape index (κ3) is 4.27. The van der Waals surface area contributed by atoms with E-state index in [2.05, 4.69) is 55.2 Å². The van der Waals surface area contributed by atoms with Crippen molar-refractivity contribution in [3.05, 3.63) is 68.8 Å². The standard InChI is InChI=1S/C23H23BrClN3O/c1-14(27-29-9-8-28(2)3)23-19-6-4-17(24)10-15(19)12-20(23)22-13-16-11-18(25)5-7-21(16)26-22/h4-7,10-11,13,26H,8-9,12H2,1-3H3. The van der Waals surface area contributed by atoms with Crippen LogP contribution < -0.4 is 0 Å². The highest BCUT2D eigenvalue weighted by atomic mass is 79.9. The van der Waals surface area contributed by atoms with Gasteiger partial charge in [-0.2, -0.15) is 0 Å². The van der Waals surface area contributed by atoms with Crippen molar-refractivity contribution in [2.24, 2.45) is 5.16 Å². The molecule has 1 aliphatic rings. The molecule has 0 atom stereocenters. The van der Waals surface area contributed by atoms with Crippen molar-refractivity contribution < 1.29 is 4.84 Å². The van der Waals surface area contributed by atoms with Gasteiger partial charge in [-0.25, -0.2) is 0 Å². The van der Waals surface area contributed by atoms with E-state index in [1.165, 1.54) is 16.7 Å². The first-order valence-electron chi connectivity index (χ1n) is 9.54. The van der Waals surface area contributed by atoms with Crippen LogP contribution in [0.3, 0.4) is 0 Å². The van der Waals surface area contributed by atoms with Gasteiger partial charge in [-0.1, -0.05) is 38.8 Å². The fourth-order valence-corrected chi connectivity index (χ4v) is 4.30. The van der Waals surface area contributed by atoms with Crippen LogP contribution in [0.5, 0.6) is 0 Å². The molecule has 2 aromatic carbocycles. The van der Waals surface area contributed by atoms with Gasteiger partial charge in [0.15, 0.2) is 0 Å². The third-order valence-corrected chi connectivity index (χ3v) is 5.83. The van der Waals surface area contributed by atoms with Crippen molar-refractivity contribution in [2.45, 2.75) is 13.3 Å². The lowest BCUT2D eigenvalue weighted by Gasteiger charge is -2.10. The number of hydrogen-bond donors (Lipinski definition) is 1. The van der Waals surface area contributed by atoms with Gasteiger partial charge in [0.1, 0.15) is 6.61 Å². The number of hydrogen-bond acceptors (Lipinski definition) is 3. The van der Waals surface area contributed by atoms with Gasteiger partial charge >= 0.3 is 0 Å². The van der Waals surface area contributed by atoms with E-state index in [1.54, 1.807) is 0 Å². The Hall–Kier alpha value is -2.08. The number of rotatable bonds is 6. The van der Waals surface area contributed by atoms with E-state index >= 15 is 0 Å². The van der Waals surface area contributed by atoms with Crippen LogP contribution in [0.1, 0.15) is 23.7 Å². The van der Waals surface area contributed by atoms with Crippen molar-refractivity contribution in [3.8, 4) is 0 Å². The van der Waals surface area contributed by atoms with E-state index in [-0.39, 0.29) is 0 Å². The minimum atomic E-state index is 0.561. The summed E-state index contributed by atoms with van der Waals surface area (Å²) in [6.45, 7) is 3.40. The van der Waals surface area contributed by atoms with Crippen molar-refractivity contribution in [2.75, 3.05) is 27.2 Å². The Morgan fingerprint density at radius 3 is 2.83 bits per heavy atom. The summed E-state index contributed by atoms with van der Waals surface area (Å²) in [5, 5.41) is 6.27. The zero-order chi connectivity index (χ0) is 20.5. The van der Waals surface area contributed by atoms with Crippen LogP contribution in [-0.2, 0) is 11.3 Å². The fourth-order valence-electron chi connectivity index (χ4n) is 3.71. The molecule has 0 amide bonds. The number of nitrogens with one attached hydrogen (secondary N) is 1. The zero-order valence-corrected chi connectivity index (χ0v) is 19.1. The molecule has 150 valence electrons. The maximum absolute atomic E-state index is 6.18. The molecule has 1 N–H and O–H groups in total. The summed E-state index contributed by atoms with van der Waals surface area (Å²) < 4.78 is 1.08. The average molecular weight is 473 g/mol. The lowest BCUT2D eigenvalue weighted by molar-refractivity contribution is 0.126. The first kappa shape index (κ1) is 20.2. The van der Waals surface area contributed by atoms with Gasteiger partial charge in [0.2, 0.25) is 0 Å². The second-order valence-electron chi connectivity index (χ2n) is 7.56. The molecule has 6 heteroatoms. The van der Waals surface area contributed by atoms with Gasteiger partial charge in [0, 0.05) is 44.6 Å². The van der Waals surface area contributed by atoms with Gasteiger partial charge < -0.3 is 14.7 Å². The number of aromatic amines is 1. The monoisotopic (exact) mass is 471 g/mol. The molecular weight excluding hydrogens is 450 g/mol. The highest BCUT2D eigenvalue weighted by molar-refractivity contribution is 9.10. The molecule has 0 saturated heterocycles. The van der Waals surface area contributed by atoms with E-state index in [4.69, 9.17) is 16.4 Å². The summed E-state index contributed by atoms with van der Waals surface area (Å²) in [7, 11) is 4.04. The van der Waals surface area contributed by atoms with E-state index < -0.39 is 0 Å². The predicted molar refractivity (Wildman–Crippen MR) is 126 cm³/mol. The van der Waals surface area contributed by atoms with Crippen LogP contribution in [0.4, 0.5) is 0 Å². The smallest absolute Gasteiger partial charge is 0.129 e. The first-order chi connectivity index (χ1) is 13.9. The molecule has 1 aromatic heterocycles. The Bertz CT molecular complexity index is 1130. The van der Waals surface area contributed by atoms with Gasteiger partial charge in [-0.05, 0) is 74.1 Å². The third-order valence-electron chi connectivity index (χ3n) is 5.11. The van der Waals surface area contributed by atoms with Crippen LogP contribution in [0.25, 0.3) is 22.0 Å². The molecule has 4 nitrogen and oxygen atoms in total. The Balaban J connectivity index is 1.76. The maximum Gasteiger partial charge on any atom is 0.129 e. The van der Waals surface area contributed by atoms with Crippen LogP contribution in [0.15, 0.2) is 52.1 Å². The number of H-pyrrole nitrogens is 1. The van der Waals surface area contributed by atoms with Gasteiger partial charge in [0.25, 0.3) is 0 Å². The van der Waals surface area contributed by atoms with E-state index in [9.17, 15) is 0 Å². The number of aromatic nitrogens is 1. The summed E-state index contributed by atoms with van der Waals surface area (Å²) in [6.07, 6.45) is 0.842. The van der Waals surface area contributed by atoms with E-state index in [1.807, 2.05) is 39.2 Å². The normalized spacial score (nSPS) is 14.2. The Labute approximate surface area is 184 Å². The van der Waals surface area contributed by atoms with E-state index in [0.717, 1.165) is 50.3 Å². The summed E-state index contributed by atoms with van der Waals surface area (Å²) in [4.78, 5) is 11.2. The zero-order valence-electron chi connectivity index (χ0n) is 16.7. The minimum Gasteiger partial charge on any atom is -0.394 e. The molecule has 29 heavy (non-hydrogen) atoms. The highest BCUT2D eigenvalue weighted by Crippen LogP contribution is 2.41. The number of nitrogens with zero attached hydrogens (tertiary/aromatic N) is 2. The van der Waals surface area contributed by atoms with Crippen LogP contribution in [0, 0.1) is 0 Å². The van der Waals surface area contributed by atoms with Gasteiger partial charge in [-0.3, -0.25) is 0 Å². The SMILES string of the molecule is CC(=NOCCN(C)C)C1=C(c2cc3cc(Cl)ccc3[nH]2)Cc2cc(Br)ccc21. The second kappa shape index (κ2) is 8.34. The summed E-state index contributed by atoms with van der Waals surface area (Å²) >= 11 is 9.78. The lowest BCUT2D eigenvalue weighted by atomic mass is 10.0. The molecule has 0 fully saturated rings. The molecule has 4 rings (SSSR count). The first-order valence-corrected chi connectivity index (χ1v) is 10.7. The van der Waals surface area contributed by atoms with Crippen molar-refractivity contribution in [3.63, 3.8) is 0 Å². The quantitative estimate of drug-likeness (QED) is 0.271. The number of fused-ring (bicyclic) bond motifs is 2. The van der Waals surface area contributed by atoms with Crippen LogP contribution >= 0.6 is 27.5 Å². The Kier molecular flexibility index (Phi) is 5.81. The molecule has 0 saturated carbocycles. The maximum atomic E-state index is 6.18. The molecule has 0 radical (unpaired) electrons. The Morgan fingerprint density at radius 2 is 2.03 bits per heavy atom. The van der Waals surface area contributed by atoms with Crippen molar-refractivity contribution in [1.29, 1.82) is 0 Å². The Morgan fingerprint density at radius 1 is 1.21 bits per heavy atom. The summed E-state index contributed by atoms with van der Waals surface area (Å²) in [6, 6.07) is 14.5. The molecular formula is C23H23BrClN3O. The fraction of sp³-hybridized carbons (Fsp3) is 0.261. The molecule has 1 heterocycles. The molecule has 3 aromatic rings. The largest absolute Gasteiger partial charge is 0.394 e. The number of allylic oxidation sites excluding steroid dienone is 2. The van der Waals surface area contributed by atoms with E-state index in [0.29, 0.717) is 6.61 Å². The average Bonchev–Trinajstić information content (AvgIpc) is 3.25. The van der Waals surface area contributed by atoms with Gasteiger partial charge in [0.05, 0.1) is 5.71 Å². The number of oxime groups is 1. The summed E-state index contributed by atoms with van der Waals surface area (Å²) in [5.41, 5.74) is 7.90. The van der Waals surface area contributed by atoms with Crippen molar-refractivity contribution in [1.82, 2.24) is 9.88 Å². The lowest BCUT2D eigenvalue weighted by Crippen LogP contribution is -2.17. The number of halogens is 2.